The lowest BCUT2D eigenvalue weighted by Gasteiger charge is -2.34. The molecule has 0 radical (unpaired) electrons. The Morgan fingerprint density at radius 3 is 2.92 bits per heavy atom. The maximum absolute atomic E-state index is 12.7. The molecule has 3 heterocycles. The van der Waals surface area contributed by atoms with Crippen molar-refractivity contribution >= 4 is 32.7 Å². The topological polar surface area (TPSA) is 73.7 Å². The van der Waals surface area contributed by atoms with Crippen LogP contribution in [0.5, 0.6) is 0 Å². The first-order valence-corrected chi connectivity index (χ1v) is 9.57. The average Bonchev–Trinajstić information content (AvgIpc) is 3.19. The lowest BCUT2D eigenvalue weighted by Crippen LogP contribution is -2.45. The number of aromatic nitrogens is 2. The summed E-state index contributed by atoms with van der Waals surface area (Å²) in [7, 11) is 0. The molecule has 0 aliphatic carbocycles. The number of likely N-dealkylation sites (tertiary alicyclic amines) is 1. The SMILES string of the molecule is O=C(Cn1cnc2ccc(Br)cc2c1=O)N1CCCC(C2OCCO2)C1. The van der Waals surface area contributed by atoms with Crippen molar-refractivity contribution < 1.29 is 14.3 Å². The number of amides is 1. The zero-order chi connectivity index (χ0) is 18.1. The summed E-state index contributed by atoms with van der Waals surface area (Å²) in [6, 6.07) is 5.35. The van der Waals surface area contributed by atoms with Crippen molar-refractivity contribution in [3.63, 3.8) is 0 Å². The van der Waals surface area contributed by atoms with E-state index in [9.17, 15) is 9.59 Å². The summed E-state index contributed by atoms with van der Waals surface area (Å²) in [4.78, 5) is 31.5. The predicted octanol–water partition coefficient (Wildman–Crippen LogP) is 1.77. The van der Waals surface area contributed by atoms with Gasteiger partial charge in [0, 0.05) is 23.5 Å². The second kappa shape index (κ2) is 7.46. The van der Waals surface area contributed by atoms with Crippen molar-refractivity contribution in [1.82, 2.24) is 14.5 Å². The number of piperidine rings is 1. The molecule has 2 fully saturated rings. The minimum Gasteiger partial charge on any atom is -0.350 e. The highest BCUT2D eigenvalue weighted by Crippen LogP contribution is 2.25. The second-order valence-corrected chi connectivity index (χ2v) is 7.61. The van der Waals surface area contributed by atoms with Gasteiger partial charge in [-0.1, -0.05) is 15.9 Å². The molecule has 1 amide bonds. The number of benzene rings is 1. The van der Waals surface area contributed by atoms with Gasteiger partial charge in [0.2, 0.25) is 5.91 Å². The van der Waals surface area contributed by atoms with Crippen LogP contribution < -0.4 is 5.56 Å². The van der Waals surface area contributed by atoms with Gasteiger partial charge < -0.3 is 14.4 Å². The minimum atomic E-state index is -0.215. The van der Waals surface area contributed by atoms with Gasteiger partial charge in [-0.2, -0.15) is 0 Å². The Labute approximate surface area is 159 Å². The summed E-state index contributed by atoms with van der Waals surface area (Å²) in [6.07, 6.45) is 3.13. The second-order valence-electron chi connectivity index (χ2n) is 6.69. The monoisotopic (exact) mass is 421 g/mol. The zero-order valence-electron chi connectivity index (χ0n) is 14.3. The molecule has 2 saturated heterocycles. The standard InChI is InChI=1S/C18H20BrN3O4/c19-13-3-4-15-14(8-13)17(24)22(11-20-15)10-16(23)21-5-1-2-12(9-21)18-25-6-7-26-18/h3-4,8,11-12,18H,1-2,5-7,9-10H2. The van der Waals surface area contributed by atoms with Gasteiger partial charge in [0.1, 0.15) is 6.54 Å². The molecule has 2 aliphatic rings. The number of nitrogens with zero attached hydrogens (tertiary/aromatic N) is 3. The molecule has 0 N–H and O–H groups in total. The molecule has 138 valence electrons. The first-order valence-electron chi connectivity index (χ1n) is 8.77. The van der Waals surface area contributed by atoms with Gasteiger partial charge in [-0.15, -0.1) is 0 Å². The molecule has 0 spiro atoms. The van der Waals surface area contributed by atoms with Crippen LogP contribution in [-0.2, 0) is 20.8 Å². The fraction of sp³-hybridized carbons (Fsp3) is 0.500. The van der Waals surface area contributed by atoms with Gasteiger partial charge in [0.15, 0.2) is 6.29 Å². The summed E-state index contributed by atoms with van der Waals surface area (Å²) in [5.74, 6) is 0.114. The smallest absolute Gasteiger partial charge is 0.261 e. The van der Waals surface area contributed by atoms with Gasteiger partial charge in [-0.3, -0.25) is 14.2 Å². The first kappa shape index (κ1) is 17.6. The summed E-state index contributed by atoms with van der Waals surface area (Å²) in [6.45, 7) is 2.52. The number of carbonyl (C=O) groups excluding carboxylic acids is 1. The van der Waals surface area contributed by atoms with Gasteiger partial charge in [-0.05, 0) is 31.0 Å². The maximum Gasteiger partial charge on any atom is 0.261 e. The first-order chi connectivity index (χ1) is 12.6. The molecule has 1 aromatic carbocycles. The lowest BCUT2D eigenvalue weighted by molar-refractivity contribution is -0.139. The highest BCUT2D eigenvalue weighted by molar-refractivity contribution is 9.10. The van der Waals surface area contributed by atoms with Gasteiger partial charge in [0.05, 0.1) is 30.4 Å². The fourth-order valence-electron chi connectivity index (χ4n) is 3.60. The highest BCUT2D eigenvalue weighted by atomic mass is 79.9. The fourth-order valence-corrected chi connectivity index (χ4v) is 3.96. The lowest BCUT2D eigenvalue weighted by atomic mass is 9.97. The van der Waals surface area contributed by atoms with Crippen LogP contribution in [0, 0.1) is 5.92 Å². The van der Waals surface area contributed by atoms with Crippen molar-refractivity contribution in [2.45, 2.75) is 25.7 Å². The molecular weight excluding hydrogens is 402 g/mol. The Hall–Kier alpha value is -1.77. The Balaban J connectivity index is 1.50. The number of rotatable bonds is 3. The van der Waals surface area contributed by atoms with Crippen LogP contribution in [0.4, 0.5) is 0 Å². The number of hydrogen-bond acceptors (Lipinski definition) is 5. The third-order valence-electron chi connectivity index (χ3n) is 4.93. The van der Waals surface area contributed by atoms with Crippen molar-refractivity contribution in [3.8, 4) is 0 Å². The zero-order valence-corrected chi connectivity index (χ0v) is 15.9. The third kappa shape index (κ3) is 3.54. The van der Waals surface area contributed by atoms with Crippen LogP contribution in [0.3, 0.4) is 0 Å². The number of carbonyl (C=O) groups is 1. The van der Waals surface area contributed by atoms with Gasteiger partial charge in [0.25, 0.3) is 5.56 Å². The largest absolute Gasteiger partial charge is 0.350 e. The van der Waals surface area contributed by atoms with Crippen LogP contribution >= 0.6 is 15.9 Å². The van der Waals surface area contributed by atoms with E-state index < -0.39 is 0 Å². The average molecular weight is 422 g/mol. The van der Waals surface area contributed by atoms with Crippen molar-refractivity contribution in [1.29, 1.82) is 0 Å². The predicted molar refractivity (Wildman–Crippen MR) is 98.7 cm³/mol. The van der Waals surface area contributed by atoms with E-state index in [1.54, 1.807) is 17.0 Å². The molecule has 0 bridgehead atoms. The molecule has 8 heteroatoms. The molecule has 26 heavy (non-hydrogen) atoms. The molecule has 4 rings (SSSR count). The van der Waals surface area contributed by atoms with Crippen molar-refractivity contribution in [3.05, 3.63) is 39.4 Å². The minimum absolute atomic E-state index is 0.00656. The number of hydrogen-bond donors (Lipinski definition) is 0. The molecule has 1 aromatic heterocycles. The van der Waals surface area contributed by atoms with E-state index in [1.165, 1.54) is 10.9 Å². The molecule has 2 aromatic rings. The highest BCUT2D eigenvalue weighted by Gasteiger charge is 2.32. The summed E-state index contributed by atoms with van der Waals surface area (Å²) >= 11 is 3.37. The molecule has 7 nitrogen and oxygen atoms in total. The Morgan fingerprint density at radius 1 is 1.31 bits per heavy atom. The van der Waals surface area contributed by atoms with Crippen molar-refractivity contribution in [2.24, 2.45) is 5.92 Å². The molecular formula is C18H20BrN3O4. The van der Waals surface area contributed by atoms with Gasteiger partial charge >= 0.3 is 0 Å². The van der Waals surface area contributed by atoms with E-state index in [-0.39, 0.29) is 30.2 Å². The summed E-state index contributed by atoms with van der Waals surface area (Å²) in [5.41, 5.74) is 0.413. The van der Waals surface area contributed by atoms with E-state index >= 15 is 0 Å². The number of fused-ring (bicyclic) bond motifs is 1. The van der Waals surface area contributed by atoms with Crippen LogP contribution in [0.2, 0.25) is 0 Å². The van der Waals surface area contributed by atoms with Crippen LogP contribution in [0.1, 0.15) is 12.8 Å². The van der Waals surface area contributed by atoms with Gasteiger partial charge in [-0.25, -0.2) is 4.98 Å². The normalized spacial score (nSPS) is 21.4. The number of halogens is 1. The Morgan fingerprint density at radius 2 is 2.12 bits per heavy atom. The molecule has 1 atom stereocenters. The van der Waals surface area contributed by atoms with Crippen LogP contribution in [0.25, 0.3) is 10.9 Å². The maximum atomic E-state index is 12.7. The van der Waals surface area contributed by atoms with E-state index in [0.29, 0.717) is 37.2 Å². The van der Waals surface area contributed by atoms with Crippen molar-refractivity contribution in [2.75, 3.05) is 26.3 Å². The van der Waals surface area contributed by atoms with E-state index in [2.05, 4.69) is 20.9 Å². The van der Waals surface area contributed by atoms with E-state index in [1.807, 2.05) is 6.07 Å². The van der Waals surface area contributed by atoms with E-state index in [0.717, 1.165) is 17.3 Å². The quantitative estimate of drug-likeness (QED) is 0.754. The Kier molecular flexibility index (Phi) is 5.06. The van der Waals surface area contributed by atoms with Crippen LogP contribution in [0.15, 0.2) is 33.8 Å². The Bertz CT molecular complexity index is 878. The third-order valence-corrected chi connectivity index (χ3v) is 5.43. The van der Waals surface area contributed by atoms with E-state index in [4.69, 9.17) is 9.47 Å². The molecule has 1 unspecified atom stereocenters. The van der Waals surface area contributed by atoms with Crippen LogP contribution in [-0.4, -0.2) is 53.0 Å². The number of ether oxygens (including phenoxy) is 2. The summed E-state index contributed by atoms with van der Waals surface area (Å²) < 4.78 is 13.4. The molecule has 2 aliphatic heterocycles. The summed E-state index contributed by atoms with van der Waals surface area (Å²) in [5, 5.41) is 0.499. The molecule has 0 saturated carbocycles.